The summed E-state index contributed by atoms with van der Waals surface area (Å²) in [5.41, 5.74) is 6.90. The lowest BCUT2D eigenvalue weighted by Crippen LogP contribution is -2.44. The van der Waals surface area contributed by atoms with Crippen LogP contribution in [0.1, 0.15) is 21.5 Å². The molecule has 0 aliphatic carbocycles. The van der Waals surface area contributed by atoms with Crippen LogP contribution in [0.4, 0.5) is 5.69 Å². The van der Waals surface area contributed by atoms with Crippen LogP contribution in [0.3, 0.4) is 0 Å². The Labute approximate surface area is 198 Å². The molecule has 9 nitrogen and oxygen atoms in total. The number of rotatable bonds is 8. The van der Waals surface area contributed by atoms with Gasteiger partial charge in [0.05, 0.1) is 13.7 Å². The molecule has 3 N–H and O–H groups in total. The Morgan fingerprint density at radius 2 is 1.50 bits per heavy atom. The van der Waals surface area contributed by atoms with Gasteiger partial charge in [-0.05, 0) is 79.6 Å². The Morgan fingerprint density at radius 3 is 2.15 bits per heavy atom. The van der Waals surface area contributed by atoms with E-state index in [1.54, 1.807) is 57.4 Å². The number of amides is 2. The van der Waals surface area contributed by atoms with Gasteiger partial charge >= 0.3 is 10.1 Å². The van der Waals surface area contributed by atoms with Crippen LogP contribution in [-0.4, -0.2) is 33.9 Å². The second-order valence-electron chi connectivity index (χ2n) is 7.42. The van der Waals surface area contributed by atoms with E-state index in [-0.39, 0.29) is 22.8 Å². The molecule has 0 spiro atoms. The summed E-state index contributed by atoms with van der Waals surface area (Å²) >= 11 is 0. The number of aryl methyl sites for hydroxylation is 2. The van der Waals surface area contributed by atoms with E-state index in [2.05, 4.69) is 16.2 Å². The van der Waals surface area contributed by atoms with Gasteiger partial charge in [0.2, 0.25) is 0 Å². The fourth-order valence-electron chi connectivity index (χ4n) is 2.94. The summed E-state index contributed by atoms with van der Waals surface area (Å²) in [6, 6.07) is 17.6. The first-order chi connectivity index (χ1) is 16.2. The summed E-state index contributed by atoms with van der Waals surface area (Å²) in [7, 11) is -2.46. The standard InChI is InChI=1S/C24H25N3O6S/c1-16-4-5-17(2)22(14-16)34(30,31)33-21-10-6-18(7-11-21)24(29)27-26-23(28)15-25-19-8-12-20(32-3)13-9-19/h4-14,25H,15H2,1-3H3,(H,26,28)(H,27,29). The number of anilines is 1. The van der Waals surface area contributed by atoms with Crippen LogP contribution >= 0.6 is 0 Å². The molecule has 3 rings (SSSR count). The number of carbonyl (C=O) groups is 2. The first kappa shape index (κ1) is 24.6. The quantitative estimate of drug-likeness (QED) is 0.333. The predicted molar refractivity (Wildman–Crippen MR) is 127 cm³/mol. The van der Waals surface area contributed by atoms with E-state index in [4.69, 9.17) is 8.92 Å². The molecule has 0 bridgehead atoms. The Kier molecular flexibility index (Phi) is 7.75. The monoisotopic (exact) mass is 483 g/mol. The minimum Gasteiger partial charge on any atom is -0.497 e. The largest absolute Gasteiger partial charge is 0.497 e. The lowest BCUT2D eigenvalue weighted by atomic mass is 10.2. The fourth-order valence-corrected chi connectivity index (χ4v) is 4.19. The van der Waals surface area contributed by atoms with Gasteiger partial charge in [0.25, 0.3) is 11.8 Å². The van der Waals surface area contributed by atoms with E-state index >= 15 is 0 Å². The lowest BCUT2D eigenvalue weighted by molar-refractivity contribution is -0.120. The minimum absolute atomic E-state index is 0.0599. The van der Waals surface area contributed by atoms with Gasteiger partial charge in [0, 0.05) is 11.3 Å². The smallest absolute Gasteiger partial charge is 0.339 e. The molecule has 3 aromatic rings. The molecule has 0 heterocycles. The predicted octanol–water partition coefficient (Wildman–Crippen LogP) is 2.95. The summed E-state index contributed by atoms with van der Waals surface area (Å²) in [5.74, 6) is -0.266. The highest BCUT2D eigenvalue weighted by molar-refractivity contribution is 7.87. The molecule has 0 aliphatic rings. The van der Waals surface area contributed by atoms with Crippen molar-refractivity contribution in [1.82, 2.24) is 10.9 Å². The average Bonchev–Trinajstić information content (AvgIpc) is 2.83. The van der Waals surface area contributed by atoms with E-state index in [1.165, 1.54) is 24.3 Å². The Balaban J connectivity index is 1.52. The lowest BCUT2D eigenvalue weighted by Gasteiger charge is -2.11. The minimum atomic E-state index is -4.03. The van der Waals surface area contributed by atoms with E-state index < -0.39 is 21.9 Å². The van der Waals surface area contributed by atoms with E-state index in [0.29, 0.717) is 17.0 Å². The summed E-state index contributed by atoms with van der Waals surface area (Å²) in [6.07, 6.45) is 0. The second-order valence-corrected chi connectivity index (χ2v) is 8.93. The molecule has 34 heavy (non-hydrogen) atoms. The maximum absolute atomic E-state index is 12.6. The van der Waals surface area contributed by atoms with Crippen molar-refractivity contribution >= 4 is 27.6 Å². The maximum Gasteiger partial charge on any atom is 0.339 e. The number of methoxy groups -OCH3 is 1. The van der Waals surface area contributed by atoms with Crippen LogP contribution in [-0.2, 0) is 14.9 Å². The Morgan fingerprint density at radius 1 is 0.853 bits per heavy atom. The zero-order chi connectivity index (χ0) is 24.7. The molecule has 10 heteroatoms. The summed E-state index contributed by atoms with van der Waals surface area (Å²) in [4.78, 5) is 24.3. The number of benzene rings is 3. The second kappa shape index (κ2) is 10.7. The van der Waals surface area contributed by atoms with E-state index in [1.807, 2.05) is 6.07 Å². The third-order valence-electron chi connectivity index (χ3n) is 4.79. The Bertz CT molecular complexity index is 1270. The molecule has 2 amide bonds. The van der Waals surface area contributed by atoms with Gasteiger partial charge in [0.15, 0.2) is 0 Å². The third-order valence-corrected chi connectivity index (χ3v) is 6.18. The van der Waals surface area contributed by atoms with Gasteiger partial charge in [-0.1, -0.05) is 12.1 Å². The van der Waals surface area contributed by atoms with Crippen LogP contribution in [0, 0.1) is 13.8 Å². The van der Waals surface area contributed by atoms with Crippen molar-refractivity contribution in [2.24, 2.45) is 0 Å². The van der Waals surface area contributed by atoms with Crippen LogP contribution in [0.25, 0.3) is 0 Å². The van der Waals surface area contributed by atoms with Crippen LogP contribution in [0.15, 0.2) is 71.6 Å². The fraction of sp³-hybridized carbons (Fsp3) is 0.167. The number of hydrogen-bond acceptors (Lipinski definition) is 7. The van der Waals surface area contributed by atoms with Crippen molar-refractivity contribution in [3.63, 3.8) is 0 Å². The molecule has 0 saturated carbocycles. The van der Waals surface area contributed by atoms with Gasteiger partial charge in [-0.15, -0.1) is 0 Å². The number of hydrogen-bond donors (Lipinski definition) is 3. The SMILES string of the molecule is COc1ccc(NCC(=O)NNC(=O)c2ccc(OS(=O)(=O)c3cc(C)ccc3C)cc2)cc1. The molecule has 0 unspecified atom stereocenters. The highest BCUT2D eigenvalue weighted by Gasteiger charge is 2.20. The average molecular weight is 484 g/mol. The van der Waals surface area contributed by atoms with Gasteiger partial charge in [-0.3, -0.25) is 20.4 Å². The van der Waals surface area contributed by atoms with Crippen molar-refractivity contribution < 1.29 is 26.9 Å². The van der Waals surface area contributed by atoms with E-state index in [0.717, 1.165) is 5.56 Å². The normalized spacial score (nSPS) is 10.8. The molecule has 0 saturated heterocycles. The van der Waals surface area contributed by atoms with Gasteiger partial charge in [-0.2, -0.15) is 8.42 Å². The van der Waals surface area contributed by atoms with Crippen LogP contribution in [0.5, 0.6) is 11.5 Å². The first-order valence-electron chi connectivity index (χ1n) is 10.3. The maximum atomic E-state index is 12.6. The zero-order valence-corrected chi connectivity index (χ0v) is 19.7. The van der Waals surface area contributed by atoms with Crippen LogP contribution < -0.4 is 25.1 Å². The molecule has 0 radical (unpaired) electrons. The summed E-state index contributed by atoms with van der Waals surface area (Å²) in [5, 5.41) is 2.92. The van der Waals surface area contributed by atoms with Gasteiger partial charge in [-0.25, -0.2) is 0 Å². The van der Waals surface area contributed by atoms with Gasteiger partial charge in [0.1, 0.15) is 16.4 Å². The van der Waals surface area contributed by atoms with Crippen molar-refractivity contribution in [1.29, 1.82) is 0 Å². The molecule has 178 valence electrons. The van der Waals surface area contributed by atoms with Gasteiger partial charge < -0.3 is 14.2 Å². The van der Waals surface area contributed by atoms with Crippen LogP contribution in [0.2, 0.25) is 0 Å². The highest BCUT2D eigenvalue weighted by atomic mass is 32.2. The summed E-state index contributed by atoms with van der Waals surface area (Å²) in [6.45, 7) is 3.42. The summed E-state index contributed by atoms with van der Waals surface area (Å²) < 4.78 is 35.5. The molecule has 0 atom stereocenters. The Hall–Kier alpha value is -4.05. The molecular formula is C24H25N3O6S. The van der Waals surface area contributed by atoms with Crippen molar-refractivity contribution in [2.45, 2.75) is 18.7 Å². The van der Waals surface area contributed by atoms with Crippen molar-refractivity contribution in [3.8, 4) is 11.5 Å². The molecule has 3 aromatic carbocycles. The van der Waals surface area contributed by atoms with Crippen molar-refractivity contribution in [2.75, 3.05) is 19.0 Å². The molecule has 0 fully saturated rings. The first-order valence-corrected chi connectivity index (χ1v) is 11.7. The molecular weight excluding hydrogens is 458 g/mol. The topological polar surface area (TPSA) is 123 Å². The highest BCUT2D eigenvalue weighted by Crippen LogP contribution is 2.22. The third kappa shape index (κ3) is 6.48. The van der Waals surface area contributed by atoms with E-state index in [9.17, 15) is 18.0 Å². The zero-order valence-electron chi connectivity index (χ0n) is 18.9. The number of ether oxygens (including phenoxy) is 1. The van der Waals surface area contributed by atoms with Crippen molar-refractivity contribution in [3.05, 3.63) is 83.4 Å². The number of nitrogens with one attached hydrogen (secondary N) is 3. The molecule has 0 aliphatic heterocycles. The number of carbonyl (C=O) groups excluding carboxylic acids is 2. The number of hydrazine groups is 1. The molecule has 0 aromatic heterocycles.